The van der Waals surface area contributed by atoms with Crippen molar-refractivity contribution < 1.29 is 29.3 Å². The van der Waals surface area contributed by atoms with Gasteiger partial charge in [-0.3, -0.25) is 15.0 Å². The Hall–Kier alpha value is -2.00. The summed E-state index contributed by atoms with van der Waals surface area (Å²) < 4.78 is 11.5. The van der Waals surface area contributed by atoms with Gasteiger partial charge in [0.25, 0.3) is 0 Å². The summed E-state index contributed by atoms with van der Waals surface area (Å²) in [6.45, 7) is 6.26. The Kier molecular flexibility index (Phi) is 6.58. The van der Waals surface area contributed by atoms with Crippen molar-refractivity contribution >= 4 is 11.9 Å². The number of carbonyl (C=O) groups excluding carboxylic acids is 2. The van der Waals surface area contributed by atoms with Gasteiger partial charge in [-0.05, 0) is 24.0 Å². The highest BCUT2D eigenvalue weighted by Gasteiger charge is 2.48. The Bertz CT molecular complexity index is 754. The Morgan fingerprint density at radius 1 is 1.34 bits per heavy atom. The zero-order valence-electron chi connectivity index (χ0n) is 17.1. The first-order chi connectivity index (χ1) is 13.7. The lowest BCUT2D eigenvalue weighted by atomic mass is 9.88. The molecule has 2 heterocycles. The fourth-order valence-corrected chi connectivity index (χ4v) is 3.87. The second-order valence-corrected chi connectivity index (χ2v) is 8.41. The minimum atomic E-state index is -0.952. The number of carbonyl (C=O) groups is 2. The number of benzene rings is 1. The minimum absolute atomic E-state index is 0.110. The molecule has 0 radical (unpaired) electrons. The summed E-state index contributed by atoms with van der Waals surface area (Å²) >= 11 is 0. The van der Waals surface area contributed by atoms with Gasteiger partial charge in [0, 0.05) is 13.0 Å². The number of aliphatic hydroxyl groups is 2. The Balaban J connectivity index is 1.65. The van der Waals surface area contributed by atoms with Crippen molar-refractivity contribution in [2.45, 2.75) is 58.2 Å². The second-order valence-electron chi connectivity index (χ2n) is 8.41. The van der Waals surface area contributed by atoms with Crippen LogP contribution in [-0.4, -0.2) is 65.2 Å². The predicted octanol–water partition coefficient (Wildman–Crippen LogP) is 1.35. The molecule has 2 fully saturated rings. The smallest absolute Gasteiger partial charge is 0.326 e. The molecule has 0 spiro atoms. The van der Waals surface area contributed by atoms with Crippen LogP contribution >= 0.6 is 0 Å². The van der Waals surface area contributed by atoms with E-state index < -0.39 is 35.8 Å². The number of nitrogens with zero attached hydrogens (tertiary/aromatic N) is 1. The standard InChI is InChI=1S/C21H30N2O6/c1-13(2)15-7-5-4-6-14(15)10-28-12-21(3)11-23(20(27)22-19(21)26)18-8-16(25)17(9-24)29-18/h4-7,13,16-18,24-25H,8-12H2,1-3H3,(H,22,26,27)/t16-,17+,18+,21?/m0/s1. The molecule has 1 aromatic rings. The van der Waals surface area contributed by atoms with E-state index in [9.17, 15) is 19.8 Å². The molecule has 0 aromatic heterocycles. The van der Waals surface area contributed by atoms with E-state index in [-0.39, 0.29) is 26.2 Å². The molecule has 0 aliphatic carbocycles. The van der Waals surface area contributed by atoms with Gasteiger partial charge in [0.1, 0.15) is 12.3 Å². The Morgan fingerprint density at radius 3 is 2.72 bits per heavy atom. The van der Waals surface area contributed by atoms with Crippen molar-refractivity contribution in [1.29, 1.82) is 0 Å². The maximum atomic E-state index is 12.5. The van der Waals surface area contributed by atoms with Gasteiger partial charge in [0.2, 0.25) is 5.91 Å². The zero-order valence-corrected chi connectivity index (χ0v) is 17.1. The van der Waals surface area contributed by atoms with Gasteiger partial charge in [-0.15, -0.1) is 0 Å². The third-order valence-corrected chi connectivity index (χ3v) is 5.64. The lowest BCUT2D eigenvalue weighted by Crippen LogP contribution is -2.63. The molecule has 0 bridgehead atoms. The second kappa shape index (κ2) is 8.79. The molecular formula is C21H30N2O6. The van der Waals surface area contributed by atoms with Gasteiger partial charge in [-0.2, -0.15) is 0 Å². The third kappa shape index (κ3) is 4.61. The van der Waals surface area contributed by atoms with Crippen LogP contribution in [0.2, 0.25) is 0 Å². The quantitative estimate of drug-likeness (QED) is 0.631. The van der Waals surface area contributed by atoms with Crippen molar-refractivity contribution in [3.05, 3.63) is 35.4 Å². The van der Waals surface area contributed by atoms with Gasteiger partial charge in [-0.25, -0.2) is 4.79 Å². The summed E-state index contributed by atoms with van der Waals surface area (Å²) in [5.74, 6) is -0.0324. The van der Waals surface area contributed by atoms with E-state index in [0.29, 0.717) is 12.5 Å². The number of amides is 3. The van der Waals surface area contributed by atoms with Gasteiger partial charge in [-0.1, -0.05) is 38.1 Å². The number of nitrogens with one attached hydrogen (secondary N) is 1. The normalized spacial score (nSPS) is 30.1. The van der Waals surface area contributed by atoms with Crippen LogP contribution in [0.15, 0.2) is 24.3 Å². The van der Waals surface area contributed by atoms with Crippen LogP contribution in [0.25, 0.3) is 0 Å². The summed E-state index contributed by atoms with van der Waals surface area (Å²) in [4.78, 5) is 26.2. The first-order valence-corrected chi connectivity index (χ1v) is 9.97. The first kappa shape index (κ1) is 21.7. The summed E-state index contributed by atoms with van der Waals surface area (Å²) in [6.07, 6.45) is -2.10. The first-order valence-electron chi connectivity index (χ1n) is 9.97. The fraction of sp³-hybridized carbons (Fsp3) is 0.619. The maximum absolute atomic E-state index is 12.5. The van der Waals surface area contributed by atoms with Crippen molar-refractivity contribution in [2.24, 2.45) is 5.41 Å². The third-order valence-electron chi connectivity index (χ3n) is 5.64. The number of urea groups is 1. The molecule has 2 aliphatic heterocycles. The summed E-state index contributed by atoms with van der Waals surface area (Å²) in [7, 11) is 0. The zero-order chi connectivity index (χ0) is 21.2. The van der Waals surface area contributed by atoms with Crippen LogP contribution in [0, 0.1) is 5.41 Å². The number of aliphatic hydroxyl groups excluding tert-OH is 2. The molecule has 0 saturated carbocycles. The molecule has 4 atom stereocenters. The number of ether oxygens (including phenoxy) is 2. The van der Waals surface area contributed by atoms with Crippen molar-refractivity contribution in [1.82, 2.24) is 10.2 Å². The monoisotopic (exact) mass is 406 g/mol. The highest BCUT2D eigenvalue weighted by molar-refractivity contribution is 6.00. The molecule has 1 unspecified atom stereocenters. The minimum Gasteiger partial charge on any atom is -0.394 e. The van der Waals surface area contributed by atoms with Crippen LogP contribution in [0.1, 0.15) is 44.2 Å². The highest BCUT2D eigenvalue weighted by atomic mass is 16.5. The largest absolute Gasteiger partial charge is 0.394 e. The van der Waals surface area contributed by atoms with E-state index in [1.165, 1.54) is 10.5 Å². The SMILES string of the molecule is CC(C)c1ccccc1COCC1(C)CN([C@H]2C[C@H](O)[C@@H](CO)O2)C(=O)NC1=O. The highest BCUT2D eigenvalue weighted by Crippen LogP contribution is 2.30. The van der Waals surface area contributed by atoms with Crippen LogP contribution in [0.3, 0.4) is 0 Å². The lowest BCUT2D eigenvalue weighted by Gasteiger charge is -2.41. The van der Waals surface area contributed by atoms with Gasteiger partial charge in [0.15, 0.2) is 0 Å². The Morgan fingerprint density at radius 2 is 2.07 bits per heavy atom. The molecule has 2 aliphatic rings. The molecule has 160 valence electrons. The molecule has 29 heavy (non-hydrogen) atoms. The number of hydrogen-bond acceptors (Lipinski definition) is 6. The molecule has 3 rings (SSSR count). The van der Waals surface area contributed by atoms with Crippen molar-refractivity contribution in [3.8, 4) is 0 Å². The molecule has 2 saturated heterocycles. The Labute approximate surface area is 170 Å². The number of rotatable bonds is 7. The van der Waals surface area contributed by atoms with E-state index in [2.05, 4.69) is 25.2 Å². The summed E-state index contributed by atoms with van der Waals surface area (Å²) in [5.41, 5.74) is 1.32. The molecule has 3 N–H and O–H groups in total. The topological polar surface area (TPSA) is 108 Å². The van der Waals surface area contributed by atoms with Crippen LogP contribution in [0.5, 0.6) is 0 Å². The van der Waals surface area contributed by atoms with Crippen molar-refractivity contribution in [2.75, 3.05) is 19.8 Å². The lowest BCUT2D eigenvalue weighted by molar-refractivity contribution is -0.141. The van der Waals surface area contributed by atoms with Crippen molar-refractivity contribution in [3.63, 3.8) is 0 Å². The van der Waals surface area contributed by atoms with E-state index in [4.69, 9.17) is 9.47 Å². The summed E-state index contributed by atoms with van der Waals surface area (Å²) in [6, 6.07) is 7.47. The average molecular weight is 406 g/mol. The average Bonchev–Trinajstić information content (AvgIpc) is 3.06. The van der Waals surface area contributed by atoms with Crippen LogP contribution < -0.4 is 5.32 Å². The van der Waals surface area contributed by atoms with E-state index in [1.54, 1.807) is 6.92 Å². The predicted molar refractivity (Wildman–Crippen MR) is 105 cm³/mol. The van der Waals surface area contributed by atoms with Gasteiger partial charge < -0.3 is 19.7 Å². The van der Waals surface area contributed by atoms with Gasteiger partial charge in [0.05, 0.1) is 31.3 Å². The molecule has 8 nitrogen and oxygen atoms in total. The van der Waals surface area contributed by atoms with E-state index in [1.807, 2.05) is 18.2 Å². The summed E-state index contributed by atoms with van der Waals surface area (Å²) in [5, 5.41) is 21.6. The maximum Gasteiger partial charge on any atom is 0.326 e. The molecule has 1 aromatic carbocycles. The van der Waals surface area contributed by atoms with Gasteiger partial charge >= 0.3 is 6.03 Å². The number of hydrogen-bond donors (Lipinski definition) is 3. The van der Waals surface area contributed by atoms with E-state index >= 15 is 0 Å². The molecular weight excluding hydrogens is 376 g/mol. The van der Waals surface area contributed by atoms with Crippen LogP contribution in [0.4, 0.5) is 4.79 Å². The number of imide groups is 1. The van der Waals surface area contributed by atoms with Crippen LogP contribution in [-0.2, 0) is 20.9 Å². The van der Waals surface area contributed by atoms with E-state index in [0.717, 1.165) is 5.56 Å². The fourth-order valence-electron chi connectivity index (χ4n) is 3.87. The molecule has 8 heteroatoms. The molecule has 3 amide bonds.